The highest BCUT2D eigenvalue weighted by Gasteiger charge is 2.27. The van der Waals surface area contributed by atoms with Crippen molar-refractivity contribution in [2.45, 2.75) is 44.3 Å². The van der Waals surface area contributed by atoms with Gasteiger partial charge in [0.15, 0.2) is 0 Å². The number of carbonyl (C=O) groups excluding carboxylic acids is 2. The third-order valence-corrected chi connectivity index (χ3v) is 7.79. The summed E-state index contributed by atoms with van der Waals surface area (Å²) in [7, 11) is 1.96. The summed E-state index contributed by atoms with van der Waals surface area (Å²) in [5.74, 6) is -0.989. The van der Waals surface area contributed by atoms with Crippen molar-refractivity contribution in [3.8, 4) is 11.1 Å². The van der Waals surface area contributed by atoms with Crippen molar-refractivity contribution in [3.05, 3.63) is 82.5 Å². The van der Waals surface area contributed by atoms with Crippen LogP contribution in [-0.2, 0) is 11.3 Å². The van der Waals surface area contributed by atoms with Gasteiger partial charge in [-0.1, -0.05) is 30.3 Å². The van der Waals surface area contributed by atoms with Crippen LogP contribution >= 0.6 is 11.8 Å². The molecule has 2 aromatic carbocycles. The Hall–Kier alpha value is -3.63. The van der Waals surface area contributed by atoms with Crippen molar-refractivity contribution in [1.82, 2.24) is 20.6 Å². The highest BCUT2D eigenvalue weighted by Crippen LogP contribution is 2.30. The summed E-state index contributed by atoms with van der Waals surface area (Å²) in [5, 5.41) is 5.43. The molecule has 2 heterocycles. The summed E-state index contributed by atoms with van der Waals surface area (Å²) < 4.78 is 28.8. The maximum absolute atomic E-state index is 14.4. The molecule has 2 amide bonds. The van der Waals surface area contributed by atoms with Crippen LogP contribution < -0.4 is 15.5 Å². The van der Waals surface area contributed by atoms with E-state index >= 15 is 0 Å². The average Bonchev–Trinajstić information content (AvgIpc) is 3.24. The Morgan fingerprint density at radius 1 is 1.05 bits per heavy atom. The summed E-state index contributed by atoms with van der Waals surface area (Å²) in [5.41, 5.74) is 1.99. The van der Waals surface area contributed by atoms with Gasteiger partial charge in [0.1, 0.15) is 11.6 Å². The van der Waals surface area contributed by atoms with Gasteiger partial charge in [-0.15, -0.1) is 0 Å². The van der Waals surface area contributed by atoms with E-state index in [1.54, 1.807) is 30.5 Å². The summed E-state index contributed by atoms with van der Waals surface area (Å²) >= 11 is 0.858. The Morgan fingerprint density at radius 3 is 2.50 bits per heavy atom. The Labute approximate surface area is 223 Å². The predicted octanol–water partition coefficient (Wildman–Crippen LogP) is 5.28. The van der Waals surface area contributed by atoms with Crippen LogP contribution in [0.3, 0.4) is 0 Å². The molecular formula is C28H27F2N5O2S. The molecule has 1 saturated heterocycles. The van der Waals surface area contributed by atoms with Gasteiger partial charge in [0.2, 0.25) is 5.95 Å². The normalized spacial score (nSPS) is 20.6. The smallest absolute Gasteiger partial charge is 0.290 e. The van der Waals surface area contributed by atoms with E-state index in [-0.39, 0.29) is 22.9 Å². The standard InChI is InChI=1S/C28H27F2N5O2S/c1-35(27-31-14-13-19(33-27)15-24-26(36)34-28(37)38-24)20-11-9-18(10-12-20)32-16-17-5-2-3-6-21(17)25-22(29)7-4-8-23(25)30/h2-8,13-15,18,20,32H,9-12,16H2,1H3,(H,34,36,37)/b24-15-. The lowest BCUT2D eigenvalue weighted by molar-refractivity contribution is -0.115. The van der Waals surface area contributed by atoms with Crippen LogP contribution in [0.2, 0.25) is 0 Å². The van der Waals surface area contributed by atoms with E-state index in [1.165, 1.54) is 18.2 Å². The molecule has 2 N–H and O–H groups in total. The van der Waals surface area contributed by atoms with Gasteiger partial charge in [-0.25, -0.2) is 18.7 Å². The molecule has 10 heteroatoms. The number of nitrogens with zero attached hydrogens (tertiary/aromatic N) is 3. The number of thioether (sulfide) groups is 1. The van der Waals surface area contributed by atoms with Gasteiger partial charge in [0.25, 0.3) is 11.1 Å². The average molecular weight is 536 g/mol. The molecule has 1 aliphatic heterocycles. The second-order valence-corrected chi connectivity index (χ2v) is 10.4. The fourth-order valence-corrected chi connectivity index (χ4v) is 5.59. The molecule has 5 rings (SSSR count). The lowest BCUT2D eigenvalue weighted by atomic mass is 9.90. The molecule has 1 aliphatic carbocycles. The minimum absolute atomic E-state index is 0.00635. The maximum Gasteiger partial charge on any atom is 0.290 e. The van der Waals surface area contributed by atoms with Gasteiger partial charge in [0.05, 0.1) is 16.2 Å². The Kier molecular flexibility index (Phi) is 7.80. The number of rotatable bonds is 7. The molecule has 1 saturated carbocycles. The van der Waals surface area contributed by atoms with E-state index in [4.69, 9.17) is 0 Å². The van der Waals surface area contributed by atoms with Crippen molar-refractivity contribution >= 4 is 34.9 Å². The molecule has 0 atom stereocenters. The van der Waals surface area contributed by atoms with E-state index in [0.717, 1.165) is 43.0 Å². The topological polar surface area (TPSA) is 87.2 Å². The summed E-state index contributed by atoms with van der Waals surface area (Å²) in [6, 6.07) is 13.5. The highest BCUT2D eigenvalue weighted by molar-refractivity contribution is 8.18. The first-order valence-electron chi connectivity index (χ1n) is 12.5. The van der Waals surface area contributed by atoms with E-state index in [2.05, 4.69) is 25.5 Å². The van der Waals surface area contributed by atoms with Gasteiger partial charge in [0, 0.05) is 31.9 Å². The Morgan fingerprint density at radius 2 is 1.79 bits per heavy atom. The maximum atomic E-state index is 14.4. The summed E-state index contributed by atoms with van der Waals surface area (Å²) in [6.07, 6.45) is 6.98. The van der Waals surface area contributed by atoms with E-state index in [0.29, 0.717) is 28.7 Å². The number of hydrogen-bond acceptors (Lipinski definition) is 7. The lowest BCUT2D eigenvalue weighted by Gasteiger charge is -2.35. The third kappa shape index (κ3) is 5.76. The molecule has 38 heavy (non-hydrogen) atoms. The fraction of sp³-hybridized carbons (Fsp3) is 0.286. The molecule has 196 valence electrons. The largest absolute Gasteiger partial charge is 0.341 e. The molecule has 2 fully saturated rings. The number of amides is 2. The quantitative estimate of drug-likeness (QED) is 0.398. The molecule has 1 aromatic heterocycles. The van der Waals surface area contributed by atoms with Crippen LogP contribution in [-0.4, -0.2) is 40.2 Å². The van der Waals surface area contributed by atoms with E-state index in [9.17, 15) is 18.4 Å². The molecule has 0 radical (unpaired) electrons. The van der Waals surface area contributed by atoms with Gasteiger partial charge >= 0.3 is 0 Å². The van der Waals surface area contributed by atoms with Crippen molar-refractivity contribution in [2.24, 2.45) is 0 Å². The second kappa shape index (κ2) is 11.4. The van der Waals surface area contributed by atoms with Crippen LogP contribution in [0.5, 0.6) is 0 Å². The summed E-state index contributed by atoms with van der Waals surface area (Å²) in [6.45, 7) is 0.517. The molecule has 2 aliphatic rings. The number of hydrogen-bond donors (Lipinski definition) is 2. The molecular weight excluding hydrogens is 508 g/mol. The second-order valence-electron chi connectivity index (χ2n) is 9.38. The van der Waals surface area contributed by atoms with Crippen LogP contribution in [0.1, 0.15) is 36.9 Å². The lowest BCUT2D eigenvalue weighted by Crippen LogP contribution is -2.41. The Balaban J connectivity index is 1.19. The zero-order chi connectivity index (χ0) is 26.6. The SMILES string of the molecule is CN(c1nccc(/C=C2\SC(=O)NC2=O)n1)C1CCC(NCc2ccccc2-c2c(F)cccc2F)CC1. The van der Waals surface area contributed by atoms with E-state index in [1.807, 2.05) is 19.2 Å². The van der Waals surface area contributed by atoms with Crippen molar-refractivity contribution in [2.75, 3.05) is 11.9 Å². The molecule has 3 aromatic rings. The minimum Gasteiger partial charge on any atom is -0.341 e. The van der Waals surface area contributed by atoms with Gasteiger partial charge in [-0.05, 0) is 72.8 Å². The van der Waals surface area contributed by atoms with Crippen molar-refractivity contribution < 1.29 is 18.4 Å². The first-order valence-corrected chi connectivity index (χ1v) is 13.3. The molecule has 7 nitrogen and oxygen atoms in total. The first kappa shape index (κ1) is 26.0. The number of anilines is 1. The number of aromatic nitrogens is 2. The molecule has 0 bridgehead atoms. The zero-order valence-corrected chi connectivity index (χ0v) is 21.6. The van der Waals surface area contributed by atoms with Crippen molar-refractivity contribution in [1.29, 1.82) is 0 Å². The predicted molar refractivity (Wildman–Crippen MR) is 144 cm³/mol. The number of nitrogens with one attached hydrogen (secondary N) is 2. The van der Waals surface area contributed by atoms with Crippen molar-refractivity contribution in [3.63, 3.8) is 0 Å². The van der Waals surface area contributed by atoms with Crippen LogP contribution in [0.4, 0.5) is 19.5 Å². The van der Waals surface area contributed by atoms with Crippen LogP contribution in [0.15, 0.2) is 59.6 Å². The highest BCUT2D eigenvalue weighted by atomic mass is 32.2. The molecule has 0 unspecified atom stereocenters. The monoisotopic (exact) mass is 535 g/mol. The zero-order valence-electron chi connectivity index (χ0n) is 20.8. The Bertz CT molecular complexity index is 1370. The number of halogens is 2. The van der Waals surface area contributed by atoms with Gasteiger partial charge < -0.3 is 10.2 Å². The van der Waals surface area contributed by atoms with Crippen LogP contribution in [0, 0.1) is 11.6 Å². The minimum atomic E-state index is -0.567. The van der Waals surface area contributed by atoms with Crippen LogP contribution in [0.25, 0.3) is 17.2 Å². The summed E-state index contributed by atoms with van der Waals surface area (Å²) in [4.78, 5) is 34.6. The number of carbonyl (C=O) groups is 2. The fourth-order valence-electron chi connectivity index (χ4n) is 4.93. The first-order chi connectivity index (χ1) is 18.4. The third-order valence-electron chi connectivity index (χ3n) is 6.98. The van der Waals surface area contributed by atoms with Gasteiger partial charge in [-0.2, -0.15) is 0 Å². The van der Waals surface area contributed by atoms with Gasteiger partial charge in [-0.3, -0.25) is 14.9 Å². The van der Waals surface area contributed by atoms with E-state index < -0.39 is 17.5 Å². The molecule has 0 spiro atoms. The number of imide groups is 1. The number of benzene rings is 2.